The zero-order chi connectivity index (χ0) is 18.9. The Morgan fingerprint density at radius 1 is 1.07 bits per heavy atom. The molecule has 2 aromatic heterocycles. The molecule has 2 atom stereocenters. The Hall–Kier alpha value is -1.27. The molecule has 4 nitrogen and oxygen atoms in total. The van der Waals surface area contributed by atoms with Crippen LogP contribution in [-0.4, -0.2) is 30.4 Å². The molecule has 0 N–H and O–H groups in total. The van der Waals surface area contributed by atoms with E-state index < -0.39 is 0 Å². The molecular weight excluding hydrogens is 370 g/mol. The summed E-state index contributed by atoms with van der Waals surface area (Å²) in [4.78, 5) is 6.33. The molecule has 5 heterocycles. The van der Waals surface area contributed by atoms with E-state index in [1.54, 1.807) is 0 Å². The Bertz CT molecular complexity index is 799. The van der Waals surface area contributed by atoms with Gasteiger partial charge in [0, 0.05) is 41.8 Å². The van der Waals surface area contributed by atoms with E-state index in [1.165, 1.54) is 47.4 Å². The number of aromatic nitrogens is 1. The summed E-state index contributed by atoms with van der Waals surface area (Å²) >= 11 is 1.92. The number of thiophene rings is 1. The third-order valence-electron chi connectivity index (χ3n) is 6.81. The molecular formula is C23H29NO3S. The highest BCUT2D eigenvalue weighted by atomic mass is 32.1. The minimum absolute atomic E-state index is 0.0956. The van der Waals surface area contributed by atoms with Gasteiger partial charge in [-0.2, -0.15) is 0 Å². The largest absolute Gasteiger partial charge is 0.378 e. The van der Waals surface area contributed by atoms with Gasteiger partial charge in [-0.25, -0.2) is 0 Å². The van der Waals surface area contributed by atoms with Crippen molar-refractivity contribution in [2.75, 3.05) is 19.8 Å². The zero-order valence-electron chi connectivity index (χ0n) is 16.5. The normalized spacial score (nSPS) is 29.4. The summed E-state index contributed by atoms with van der Waals surface area (Å²) in [6.07, 6.45) is 9.87. The van der Waals surface area contributed by atoms with Crippen molar-refractivity contribution in [3.05, 3.63) is 51.5 Å². The number of hydrogen-bond acceptors (Lipinski definition) is 5. The smallest absolute Gasteiger partial charge is 0.0945 e. The zero-order valence-corrected chi connectivity index (χ0v) is 17.3. The van der Waals surface area contributed by atoms with Crippen molar-refractivity contribution in [1.82, 2.24) is 4.98 Å². The van der Waals surface area contributed by atoms with Crippen LogP contribution in [0.4, 0.5) is 0 Å². The maximum Gasteiger partial charge on any atom is 0.0945 e. The second kappa shape index (κ2) is 7.86. The second-order valence-corrected chi connectivity index (χ2v) is 9.58. The highest BCUT2D eigenvalue weighted by Gasteiger charge is 2.49. The first-order valence-corrected chi connectivity index (χ1v) is 11.5. The van der Waals surface area contributed by atoms with Crippen LogP contribution in [0.2, 0.25) is 0 Å². The topological polar surface area (TPSA) is 40.6 Å². The highest BCUT2D eigenvalue weighted by Crippen LogP contribution is 2.47. The van der Waals surface area contributed by atoms with Crippen LogP contribution in [0.25, 0.3) is 0 Å². The molecule has 2 aromatic rings. The second-order valence-electron chi connectivity index (χ2n) is 8.62. The third kappa shape index (κ3) is 3.54. The van der Waals surface area contributed by atoms with Gasteiger partial charge < -0.3 is 14.2 Å². The van der Waals surface area contributed by atoms with Crippen LogP contribution in [0.3, 0.4) is 0 Å². The van der Waals surface area contributed by atoms with Gasteiger partial charge in [-0.1, -0.05) is 12.5 Å². The number of aryl methyl sites for hydroxylation is 1. The number of ether oxygens (including phenoxy) is 3. The Kier molecular flexibility index (Phi) is 5.26. The third-order valence-corrected chi connectivity index (χ3v) is 7.94. The SMILES string of the molecule is c1ccc(C2(CCCCc3scc4c3COC4)CCOC3(CCOC3)C2)nc1. The molecule has 0 amide bonds. The summed E-state index contributed by atoms with van der Waals surface area (Å²) < 4.78 is 17.6. The van der Waals surface area contributed by atoms with Crippen molar-refractivity contribution in [1.29, 1.82) is 0 Å². The molecule has 2 unspecified atom stereocenters. The quantitative estimate of drug-likeness (QED) is 0.655. The minimum Gasteiger partial charge on any atom is -0.378 e. The lowest BCUT2D eigenvalue weighted by molar-refractivity contribution is -0.109. The summed E-state index contributed by atoms with van der Waals surface area (Å²) in [5.41, 5.74) is 4.15. The van der Waals surface area contributed by atoms with E-state index in [2.05, 4.69) is 17.5 Å². The number of unbranched alkanes of at least 4 members (excludes halogenated alkanes) is 1. The fourth-order valence-corrected chi connectivity index (χ4v) is 6.37. The molecule has 3 aliphatic rings. The van der Waals surface area contributed by atoms with Gasteiger partial charge in [0.15, 0.2) is 0 Å². The molecule has 2 saturated heterocycles. The summed E-state index contributed by atoms with van der Waals surface area (Å²) in [6, 6.07) is 6.37. The fourth-order valence-electron chi connectivity index (χ4n) is 5.28. The van der Waals surface area contributed by atoms with Crippen molar-refractivity contribution < 1.29 is 14.2 Å². The monoisotopic (exact) mass is 399 g/mol. The number of pyridine rings is 1. The maximum atomic E-state index is 6.25. The van der Waals surface area contributed by atoms with E-state index in [4.69, 9.17) is 19.2 Å². The molecule has 3 aliphatic heterocycles. The van der Waals surface area contributed by atoms with Gasteiger partial charge >= 0.3 is 0 Å². The number of rotatable bonds is 6. The van der Waals surface area contributed by atoms with Crippen LogP contribution in [0.1, 0.15) is 60.2 Å². The number of fused-ring (bicyclic) bond motifs is 1. The molecule has 1 spiro atoms. The van der Waals surface area contributed by atoms with E-state index in [0.29, 0.717) is 0 Å². The molecule has 0 saturated carbocycles. The summed E-state index contributed by atoms with van der Waals surface area (Å²) in [5.74, 6) is 0. The van der Waals surface area contributed by atoms with Crippen LogP contribution in [0.5, 0.6) is 0 Å². The Morgan fingerprint density at radius 2 is 2.07 bits per heavy atom. The van der Waals surface area contributed by atoms with Crippen LogP contribution in [0, 0.1) is 0 Å². The Labute approximate surface area is 171 Å². The van der Waals surface area contributed by atoms with E-state index in [-0.39, 0.29) is 11.0 Å². The fraction of sp³-hybridized carbons (Fsp3) is 0.609. The highest BCUT2D eigenvalue weighted by molar-refractivity contribution is 7.10. The van der Waals surface area contributed by atoms with Crippen LogP contribution in [0.15, 0.2) is 29.8 Å². The van der Waals surface area contributed by atoms with Crippen molar-refractivity contribution in [3.63, 3.8) is 0 Å². The van der Waals surface area contributed by atoms with Gasteiger partial charge in [0.1, 0.15) is 0 Å². The summed E-state index contributed by atoms with van der Waals surface area (Å²) in [6.45, 7) is 3.99. The average Bonchev–Trinajstić information content (AvgIpc) is 3.45. The summed E-state index contributed by atoms with van der Waals surface area (Å²) in [5, 5.41) is 2.29. The summed E-state index contributed by atoms with van der Waals surface area (Å²) in [7, 11) is 0. The molecule has 0 aromatic carbocycles. The van der Waals surface area contributed by atoms with Gasteiger partial charge in [-0.15, -0.1) is 11.3 Å². The van der Waals surface area contributed by atoms with Gasteiger partial charge in [0.25, 0.3) is 0 Å². The Balaban J connectivity index is 1.28. The van der Waals surface area contributed by atoms with Gasteiger partial charge in [0.2, 0.25) is 0 Å². The first-order valence-electron chi connectivity index (χ1n) is 10.6. The first kappa shape index (κ1) is 18.7. The molecule has 0 bridgehead atoms. The predicted molar refractivity (Wildman–Crippen MR) is 110 cm³/mol. The molecule has 0 aliphatic carbocycles. The lowest BCUT2D eigenvalue weighted by Crippen LogP contribution is -2.48. The first-order chi connectivity index (χ1) is 13.8. The van der Waals surface area contributed by atoms with E-state index in [9.17, 15) is 0 Å². The van der Waals surface area contributed by atoms with Crippen molar-refractivity contribution in [3.8, 4) is 0 Å². The van der Waals surface area contributed by atoms with E-state index in [1.807, 2.05) is 23.6 Å². The average molecular weight is 400 g/mol. The predicted octanol–water partition coefficient (Wildman–Crippen LogP) is 4.79. The van der Waals surface area contributed by atoms with Gasteiger partial charge in [-0.05, 0) is 60.7 Å². The molecule has 28 heavy (non-hydrogen) atoms. The van der Waals surface area contributed by atoms with E-state index >= 15 is 0 Å². The Morgan fingerprint density at radius 3 is 2.93 bits per heavy atom. The van der Waals surface area contributed by atoms with Crippen LogP contribution in [-0.2, 0) is 39.3 Å². The van der Waals surface area contributed by atoms with Gasteiger partial charge in [-0.3, -0.25) is 4.98 Å². The van der Waals surface area contributed by atoms with Gasteiger partial charge in [0.05, 0.1) is 25.4 Å². The molecule has 0 radical (unpaired) electrons. The molecule has 2 fully saturated rings. The van der Waals surface area contributed by atoms with Crippen molar-refractivity contribution in [2.24, 2.45) is 0 Å². The number of nitrogens with zero attached hydrogens (tertiary/aromatic N) is 1. The standard InChI is InChI=1S/C23H29NO3S/c1(5-20-19-14-26-13-18(19)15-28-20)3-7-22(21-6-2-4-10-24-21)8-12-27-23(16-22)9-11-25-17-23/h2,4,6,10,15H,1,3,5,7-9,11-14,16-17H2. The van der Waals surface area contributed by atoms with Crippen molar-refractivity contribution >= 4 is 11.3 Å². The maximum absolute atomic E-state index is 6.25. The lowest BCUT2D eigenvalue weighted by Gasteiger charge is -2.45. The molecule has 5 rings (SSSR count). The molecule has 150 valence electrons. The molecule has 5 heteroatoms. The lowest BCUT2D eigenvalue weighted by atomic mass is 9.67. The van der Waals surface area contributed by atoms with Crippen LogP contribution < -0.4 is 0 Å². The van der Waals surface area contributed by atoms with E-state index in [0.717, 1.165) is 52.3 Å². The number of hydrogen-bond donors (Lipinski definition) is 0. The van der Waals surface area contributed by atoms with Crippen molar-refractivity contribution in [2.45, 2.75) is 69.2 Å². The minimum atomic E-state index is -0.0956. The van der Waals surface area contributed by atoms with Crippen LogP contribution >= 0.6 is 11.3 Å².